The minimum atomic E-state index is -0.0919. The minimum Gasteiger partial charge on any atom is -0.383 e. The summed E-state index contributed by atoms with van der Waals surface area (Å²) in [6, 6.07) is 0.175. The molecule has 1 heterocycles. The van der Waals surface area contributed by atoms with Gasteiger partial charge in [0.1, 0.15) is 4.47 Å². The summed E-state index contributed by atoms with van der Waals surface area (Å²) in [5.41, 5.74) is 0.632. The number of ether oxygens (including phenoxy) is 1. The number of hydrogen-bond donors (Lipinski definition) is 1. The van der Waals surface area contributed by atoms with Crippen LogP contribution < -0.4 is 10.9 Å². The van der Waals surface area contributed by atoms with Crippen LogP contribution in [0.4, 0.5) is 5.69 Å². The van der Waals surface area contributed by atoms with Crippen LogP contribution in [0.15, 0.2) is 15.5 Å². The van der Waals surface area contributed by atoms with Gasteiger partial charge >= 0.3 is 0 Å². The molecular formula is C13H22BrN3O2. The molecule has 0 saturated carbocycles. The maximum absolute atomic E-state index is 12.1. The molecule has 0 aliphatic carbocycles. The molecule has 19 heavy (non-hydrogen) atoms. The number of methoxy groups -OCH3 is 1. The Morgan fingerprint density at radius 3 is 2.84 bits per heavy atom. The second kappa shape index (κ2) is 8.32. The third-order valence-electron chi connectivity index (χ3n) is 2.93. The first-order valence-corrected chi connectivity index (χ1v) is 7.44. The standard InChI is InChI=1S/C13H22BrN3O2/c1-4-6-7-17-13(18)12(14)11(8-15-17)16-10(5-2)9-19-3/h8,10,16H,4-7,9H2,1-3H3. The summed E-state index contributed by atoms with van der Waals surface area (Å²) in [6.07, 6.45) is 4.60. The van der Waals surface area contributed by atoms with Crippen molar-refractivity contribution in [1.29, 1.82) is 0 Å². The van der Waals surface area contributed by atoms with E-state index in [4.69, 9.17) is 4.74 Å². The van der Waals surface area contributed by atoms with Crippen molar-refractivity contribution in [3.05, 3.63) is 21.0 Å². The van der Waals surface area contributed by atoms with E-state index >= 15 is 0 Å². The number of unbranched alkanes of at least 4 members (excludes halogenated alkanes) is 1. The molecule has 1 N–H and O–H groups in total. The van der Waals surface area contributed by atoms with Crippen molar-refractivity contribution in [2.45, 2.75) is 45.7 Å². The number of aryl methyl sites for hydroxylation is 1. The van der Waals surface area contributed by atoms with Crippen molar-refractivity contribution in [3.63, 3.8) is 0 Å². The zero-order valence-electron chi connectivity index (χ0n) is 11.8. The van der Waals surface area contributed by atoms with E-state index in [9.17, 15) is 4.79 Å². The monoisotopic (exact) mass is 331 g/mol. The number of aromatic nitrogens is 2. The lowest BCUT2D eigenvalue weighted by Crippen LogP contribution is -2.28. The summed E-state index contributed by atoms with van der Waals surface area (Å²) in [5, 5.41) is 7.47. The van der Waals surface area contributed by atoms with E-state index in [1.807, 2.05) is 0 Å². The van der Waals surface area contributed by atoms with Gasteiger partial charge in [0.2, 0.25) is 0 Å². The number of hydrogen-bond acceptors (Lipinski definition) is 4. The van der Waals surface area contributed by atoms with Crippen molar-refractivity contribution >= 4 is 21.6 Å². The third kappa shape index (κ3) is 4.62. The molecule has 0 bridgehead atoms. The van der Waals surface area contributed by atoms with Gasteiger partial charge < -0.3 is 10.1 Å². The molecule has 1 rings (SSSR count). The first-order valence-electron chi connectivity index (χ1n) is 6.65. The van der Waals surface area contributed by atoms with E-state index < -0.39 is 0 Å². The Morgan fingerprint density at radius 2 is 2.26 bits per heavy atom. The molecule has 0 aromatic carbocycles. The molecule has 0 aliphatic rings. The lowest BCUT2D eigenvalue weighted by Gasteiger charge is -2.18. The molecule has 0 amide bonds. The summed E-state index contributed by atoms with van der Waals surface area (Å²) in [6.45, 7) is 5.42. The van der Waals surface area contributed by atoms with Crippen molar-refractivity contribution in [2.75, 3.05) is 19.0 Å². The van der Waals surface area contributed by atoms with Crippen molar-refractivity contribution < 1.29 is 4.74 Å². The van der Waals surface area contributed by atoms with Crippen LogP contribution in [0, 0.1) is 0 Å². The fraction of sp³-hybridized carbons (Fsp3) is 0.692. The van der Waals surface area contributed by atoms with Gasteiger partial charge in [0, 0.05) is 19.7 Å². The molecule has 1 aromatic heterocycles. The number of anilines is 1. The zero-order valence-corrected chi connectivity index (χ0v) is 13.4. The average molecular weight is 332 g/mol. The normalized spacial score (nSPS) is 12.4. The summed E-state index contributed by atoms with van der Waals surface area (Å²) in [4.78, 5) is 12.1. The van der Waals surface area contributed by atoms with Crippen LogP contribution in [0.2, 0.25) is 0 Å². The smallest absolute Gasteiger partial charge is 0.283 e. The molecule has 0 radical (unpaired) electrons. The van der Waals surface area contributed by atoms with Crippen LogP contribution in [0.5, 0.6) is 0 Å². The van der Waals surface area contributed by atoms with Crippen molar-refractivity contribution in [1.82, 2.24) is 9.78 Å². The lowest BCUT2D eigenvalue weighted by molar-refractivity contribution is 0.184. The van der Waals surface area contributed by atoms with E-state index in [1.165, 1.54) is 4.68 Å². The molecule has 1 atom stereocenters. The summed E-state index contributed by atoms with van der Waals surface area (Å²) in [5.74, 6) is 0. The number of rotatable bonds is 8. The van der Waals surface area contributed by atoms with Crippen molar-refractivity contribution in [3.8, 4) is 0 Å². The summed E-state index contributed by atoms with van der Waals surface area (Å²) < 4.78 is 7.16. The van der Waals surface area contributed by atoms with E-state index in [1.54, 1.807) is 13.3 Å². The van der Waals surface area contributed by atoms with Gasteiger partial charge in [-0.1, -0.05) is 20.3 Å². The molecule has 1 aromatic rings. The Kier molecular flexibility index (Phi) is 7.09. The van der Waals surface area contributed by atoms with E-state index in [2.05, 4.69) is 40.2 Å². The maximum Gasteiger partial charge on any atom is 0.283 e. The van der Waals surface area contributed by atoms with Gasteiger partial charge in [-0.15, -0.1) is 0 Å². The highest BCUT2D eigenvalue weighted by atomic mass is 79.9. The zero-order chi connectivity index (χ0) is 14.3. The van der Waals surface area contributed by atoms with Crippen LogP contribution in [0.25, 0.3) is 0 Å². The van der Waals surface area contributed by atoms with E-state index in [0.717, 1.165) is 24.9 Å². The molecule has 108 valence electrons. The quantitative estimate of drug-likeness (QED) is 0.795. The Labute approximate surface area is 122 Å². The molecule has 0 fully saturated rings. The predicted octanol–water partition coefficient (Wildman–Crippen LogP) is 2.64. The van der Waals surface area contributed by atoms with E-state index in [0.29, 0.717) is 17.6 Å². The first kappa shape index (κ1) is 16.2. The summed E-state index contributed by atoms with van der Waals surface area (Å²) >= 11 is 3.36. The molecule has 0 aliphatic heterocycles. The van der Waals surface area contributed by atoms with Crippen LogP contribution >= 0.6 is 15.9 Å². The Morgan fingerprint density at radius 1 is 1.53 bits per heavy atom. The van der Waals surface area contributed by atoms with Gasteiger partial charge in [-0.05, 0) is 28.8 Å². The number of nitrogens with zero attached hydrogens (tertiary/aromatic N) is 2. The van der Waals surface area contributed by atoms with Crippen molar-refractivity contribution in [2.24, 2.45) is 0 Å². The van der Waals surface area contributed by atoms with E-state index in [-0.39, 0.29) is 11.6 Å². The van der Waals surface area contributed by atoms with Crippen LogP contribution in [-0.4, -0.2) is 29.5 Å². The van der Waals surface area contributed by atoms with Gasteiger partial charge in [0.15, 0.2) is 0 Å². The SMILES string of the molecule is CCCCn1ncc(NC(CC)COC)c(Br)c1=O. The number of halogens is 1. The minimum absolute atomic E-state index is 0.0919. The fourth-order valence-corrected chi connectivity index (χ4v) is 2.14. The molecule has 0 saturated heterocycles. The second-order valence-corrected chi connectivity index (χ2v) is 5.25. The second-order valence-electron chi connectivity index (χ2n) is 4.46. The van der Waals surface area contributed by atoms with Crippen LogP contribution in [-0.2, 0) is 11.3 Å². The third-order valence-corrected chi connectivity index (χ3v) is 3.69. The van der Waals surface area contributed by atoms with Gasteiger partial charge in [0.25, 0.3) is 5.56 Å². The van der Waals surface area contributed by atoms with Gasteiger partial charge in [-0.3, -0.25) is 4.79 Å². The van der Waals surface area contributed by atoms with Gasteiger partial charge in [-0.2, -0.15) is 5.10 Å². The maximum atomic E-state index is 12.1. The highest BCUT2D eigenvalue weighted by molar-refractivity contribution is 9.10. The number of nitrogens with one attached hydrogen (secondary N) is 1. The fourth-order valence-electron chi connectivity index (χ4n) is 1.72. The van der Waals surface area contributed by atoms with Gasteiger partial charge in [0.05, 0.1) is 18.5 Å². The molecule has 1 unspecified atom stereocenters. The lowest BCUT2D eigenvalue weighted by atomic mass is 10.2. The largest absolute Gasteiger partial charge is 0.383 e. The predicted molar refractivity (Wildman–Crippen MR) is 80.7 cm³/mol. The Balaban J connectivity index is 2.86. The van der Waals surface area contributed by atoms with Crippen LogP contribution in [0.3, 0.4) is 0 Å². The topological polar surface area (TPSA) is 56.1 Å². The Bertz CT molecular complexity index is 448. The van der Waals surface area contributed by atoms with Crippen LogP contribution in [0.1, 0.15) is 33.1 Å². The summed E-state index contributed by atoms with van der Waals surface area (Å²) in [7, 11) is 1.67. The van der Waals surface area contributed by atoms with Gasteiger partial charge in [-0.25, -0.2) is 4.68 Å². The molecular weight excluding hydrogens is 310 g/mol. The molecule has 0 spiro atoms. The first-order chi connectivity index (χ1) is 9.13. The highest BCUT2D eigenvalue weighted by Gasteiger charge is 2.12. The average Bonchev–Trinajstić information content (AvgIpc) is 2.42. The molecule has 6 heteroatoms. The Hall–Kier alpha value is -0.880. The highest BCUT2D eigenvalue weighted by Crippen LogP contribution is 2.18. The molecule has 5 nitrogen and oxygen atoms in total.